The zero-order valence-corrected chi connectivity index (χ0v) is 17.4. The van der Waals surface area contributed by atoms with Gasteiger partial charge in [-0.1, -0.05) is 30.3 Å². The standard InChI is InChI=1S/C14H21NO2Si.CN.K/c1-18(2,3)17-14(9-10-15)12-16-11-13-7-5-4-6-8-13;1-2;/h4-8,14H,9,11-12H2,1-3H3;;/q;-1;+1/t14-;;/m0../s1. The minimum atomic E-state index is -1.62. The third kappa shape index (κ3) is 13.4. The van der Waals surface area contributed by atoms with Gasteiger partial charge < -0.3 is 21.0 Å². The van der Waals surface area contributed by atoms with Crippen LogP contribution in [0.5, 0.6) is 0 Å². The third-order valence-corrected chi connectivity index (χ3v) is 3.29. The van der Waals surface area contributed by atoms with E-state index in [2.05, 4.69) is 25.7 Å². The second kappa shape index (κ2) is 13.6. The predicted molar refractivity (Wildman–Crippen MR) is 79.5 cm³/mol. The SMILES string of the molecule is C[Si](C)(C)O[C@@H](CC#N)COCc1ccccc1.[C-]#N.[K+]. The summed E-state index contributed by atoms with van der Waals surface area (Å²) in [4.78, 5) is 0. The molecule has 0 N–H and O–H groups in total. The summed E-state index contributed by atoms with van der Waals surface area (Å²) in [6.07, 6.45) is 0.282. The zero-order chi connectivity index (χ0) is 15.4. The number of nitrogens with zero attached hydrogens (tertiary/aromatic N) is 2. The van der Waals surface area contributed by atoms with Gasteiger partial charge in [0.2, 0.25) is 0 Å². The van der Waals surface area contributed by atoms with E-state index < -0.39 is 8.32 Å². The molecule has 0 aliphatic rings. The van der Waals surface area contributed by atoms with Gasteiger partial charge in [0.05, 0.1) is 31.8 Å². The first kappa shape index (κ1) is 23.2. The number of hydrogen-bond acceptors (Lipinski definition) is 4. The smallest absolute Gasteiger partial charge is 0.512 e. The maximum Gasteiger partial charge on any atom is 1.00 e. The summed E-state index contributed by atoms with van der Waals surface area (Å²) in [5, 5.41) is 15.0. The molecule has 1 atom stereocenters. The molecule has 0 aliphatic carbocycles. The molecule has 0 heterocycles. The van der Waals surface area contributed by atoms with Crippen LogP contribution < -0.4 is 51.4 Å². The summed E-state index contributed by atoms with van der Waals surface area (Å²) in [6.45, 7) is 12.2. The maximum atomic E-state index is 8.78. The molecular formula is C15H21KN2O2Si. The second-order valence-corrected chi connectivity index (χ2v) is 9.68. The van der Waals surface area contributed by atoms with Gasteiger partial charge in [-0.2, -0.15) is 5.26 Å². The van der Waals surface area contributed by atoms with Crippen molar-refractivity contribution < 1.29 is 60.5 Å². The zero-order valence-electron chi connectivity index (χ0n) is 13.3. The van der Waals surface area contributed by atoms with Crippen LogP contribution in [0.1, 0.15) is 12.0 Å². The van der Waals surface area contributed by atoms with E-state index in [1.807, 2.05) is 30.3 Å². The van der Waals surface area contributed by atoms with Crippen molar-refractivity contribution in [1.29, 1.82) is 10.5 Å². The molecule has 0 bridgehead atoms. The summed E-state index contributed by atoms with van der Waals surface area (Å²) < 4.78 is 11.5. The van der Waals surface area contributed by atoms with E-state index in [0.29, 0.717) is 19.6 Å². The summed E-state index contributed by atoms with van der Waals surface area (Å²) in [5.74, 6) is 0. The third-order valence-electron chi connectivity index (χ3n) is 2.25. The van der Waals surface area contributed by atoms with Gasteiger partial charge >= 0.3 is 51.4 Å². The van der Waals surface area contributed by atoms with Crippen LogP contribution in [0.3, 0.4) is 0 Å². The first-order valence-electron chi connectivity index (χ1n) is 6.40. The predicted octanol–water partition coefficient (Wildman–Crippen LogP) is 0.437. The molecule has 0 spiro atoms. The summed E-state index contributed by atoms with van der Waals surface area (Å²) in [7, 11) is -1.62. The van der Waals surface area contributed by atoms with Crippen molar-refractivity contribution in [2.24, 2.45) is 0 Å². The Bertz CT molecular complexity index is 427. The Kier molecular flexibility index (Phi) is 15.1. The second-order valence-electron chi connectivity index (χ2n) is 5.22. The largest absolute Gasteiger partial charge is 1.00 e. The minimum Gasteiger partial charge on any atom is -0.512 e. The molecule has 21 heavy (non-hydrogen) atoms. The average molecular weight is 329 g/mol. The fourth-order valence-corrected chi connectivity index (χ4v) is 2.77. The van der Waals surface area contributed by atoms with Crippen LogP contribution in [0.4, 0.5) is 0 Å². The van der Waals surface area contributed by atoms with E-state index in [-0.39, 0.29) is 57.5 Å². The van der Waals surface area contributed by atoms with Gasteiger partial charge in [0, 0.05) is 0 Å². The molecule has 1 aromatic rings. The number of rotatable bonds is 7. The van der Waals surface area contributed by atoms with E-state index in [0.717, 1.165) is 5.56 Å². The van der Waals surface area contributed by atoms with Gasteiger partial charge in [-0.15, -0.1) is 0 Å². The monoisotopic (exact) mass is 328 g/mol. The van der Waals surface area contributed by atoms with Crippen LogP contribution >= 0.6 is 0 Å². The van der Waals surface area contributed by atoms with E-state index in [9.17, 15) is 0 Å². The van der Waals surface area contributed by atoms with Gasteiger partial charge in [0.1, 0.15) is 0 Å². The first-order chi connectivity index (χ1) is 9.51. The first-order valence-corrected chi connectivity index (χ1v) is 9.81. The van der Waals surface area contributed by atoms with Crippen molar-refractivity contribution in [3.63, 3.8) is 0 Å². The van der Waals surface area contributed by atoms with E-state index in [1.54, 1.807) is 0 Å². The van der Waals surface area contributed by atoms with E-state index >= 15 is 0 Å². The van der Waals surface area contributed by atoms with Crippen molar-refractivity contribution in [2.45, 2.75) is 38.8 Å². The number of ether oxygens (including phenoxy) is 1. The van der Waals surface area contributed by atoms with Gasteiger partial charge in [0.15, 0.2) is 8.32 Å². The molecule has 0 saturated heterocycles. The van der Waals surface area contributed by atoms with Crippen LogP contribution in [0, 0.1) is 23.2 Å². The van der Waals surface area contributed by atoms with Crippen molar-refractivity contribution in [2.75, 3.05) is 6.61 Å². The Morgan fingerprint density at radius 2 is 1.76 bits per heavy atom. The summed E-state index contributed by atoms with van der Waals surface area (Å²) >= 11 is 0. The molecule has 0 saturated carbocycles. The van der Waals surface area contributed by atoms with Gasteiger partial charge in [-0.05, 0) is 25.2 Å². The maximum absolute atomic E-state index is 8.78. The molecule has 6 heteroatoms. The minimum absolute atomic E-state index is 0. The van der Waals surface area contributed by atoms with Crippen LogP contribution in [0.25, 0.3) is 0 Å². The van der Waals surface area contributed by atoms with Crippen molar-refractivity contribution in [3.8, 4) is 6.07 Å². The molecule has 1 aromatic carbocycles. The Hall–Kier alpha value is -0.0268. The van der Waals surface area contributed by atoms with E-state index in [1.165, 1.54) is 0 Å². The van der Waals surface area contributed by atoms with Gasteiger partial charge in [-0.25, -0.2) is 0 Å². The molecule has 1 rings (SSSR count). The fourth-order valence-electron chi connectivity index (χ4n) is 1.62. The molecule has 0 radical (unpaired) electrons. The van der Waals surface area contributed by atoms with Crippen molar-refractivity contribution in [3.05, 3.63) is 42.5 Å². The van der Waals surface area contributed by atoms with Crippen LogP contribution in [-0.4, -0.2) is 21.0 Å². The molecule has 0 aromatic heterocycles. The quantitative estimate of drug-likeness (QED) is 0.538. The molecular weight excluding hydrogens is 307 g/mol. The Balaban J connectivity index is 0. The topological polar surface area (TPSA) is 66.0 Å². The number of benzene rings is 1. The molecule has 0 fully saturated rings. The van der Waals surface area contributed by atoms with Gasteiger partial charge in [-0.3, -0.25) is 0 Å². The Morgan fingerprint density at radius 3 is 2.24 bits per heavy atom. The van der Waals surface area contributed by atoms with Crippen LogP contribution in [-0.2, 0) is 15.8 Å². The van der Waals surface area contributed by atoms with Gasteiger partial charge in [0.25, 0.3) is 0 Å². The molecule has 0 amide bonds. The Labute approximate surface area is 171 Å². The molecule has 108 valence electrons. The summed E-state index contributed by atoms with van der Waals surface area (Å²) in [5.41, 5.74) is 1.14. The number of hydrogen-bond donors (Lipinski definition) is 0. The van der Waals surface area contributed by atoms with Crippen LogP contribution in [0.2, 0.25) is 19.6 Å². The van der Waals surface area contributed by atoms with Crippen LogP contribution in [0.15, 0.2) is 30.3 Å². The van der Waals surface area contributed by atoms with E-state index in [4.69, 9.17) is 26.3 Å². The van der Waals surface area contributed by atoms with Crippen molar-refractivity contribution >= 4 is 8.32 Å². The molecule has 4 nitrogen and oxygen atoms in total. The Morgan fingerprint density at radius 1 is 1.19 bits per heavy atom. The normalized spacial score (nSPS) is 11.2. The summed E-state index contributed by atoms with van der Waals surface area (Å²) in [6, 6.07) is 12.2. The molecule has 0 unspecified atom stereocenters. The average Bonchev–Trinajstić information content (AvgIpc) is 2.41. The number of nitriles is 1. The van der Waals surface area contributed by atoms with Crippen molar-refractivity contribution in [1.82, 2.24) is 0 Å². The molecule has 0 aliphatic heterocycles. The fraction of sp³-hybridized carbons (Fsp3) is 0.467.